The highest BCUT2D eigenvalue weighted by Gasteiger charge is 2.20. The molecule has 2 aromatic rings. The van der Waals surface area contributed by atoms with E-state index in [-0.39, 0.29) is 0 Å². The largest absolute Gasteiger partial charge is 0.372 e. The molecule has 6 nitrogen and oxygen atoms in total. The number of thiocarbonyl (C=S) groups is 1. The molecule has 0 amide bonds. The van der Waals surface area contributed by atoms with Gasteiger partial charge in [-0.2, -0.15) is 4.98 Å². The molecule has 3 heterocycles. The van der Waals surface area contributed by atoms with Crippen molar-refractivity contribution in [3.63, 3.8) is 0 Å². The van der Waals surface area contributed by atoms with Crippen molar-refractivity contribution in [1.29, 1.82) is 0 Å². The second-order valence-corrected chi connectivity index (χ2v) is 8.81. The van der Waals surface area contributed by atoms with Crippen molar-refractivity contribution in [3.8, 4) is 0 Å². The van der Waals surface area contributed by atoms with Crippen molar-refractivity contribution in [2.24, 2.45) is 0 Å². The van der Waals surface area contributed by atoms with Gasteiger partial charge in [0.2, 0.25) is 5.95 Å². The molecule has 2 aliphatic rings. The van der Waals surface area contributed by atoms with Crippen LogP contribution in [0.15, 0.2) is 30.3 Å². The maximum Gasteiger partial charge on any atom is 0.231 e. The summed E-state index contributed by atoms with van der Waals surface area (Å²) in [6, 6.07) is 11.3. The molecule has 1 aromatic carbocycles. The van der Waals surface area contributed by atoms with Gasteiger partial charge in [0.1, 0.15) is 5.82 Å². The Kier molecular flexibility index (Phi) is 6.67. The lowest BCUT2D eigenvalue weighted by atomic mass is 10.0. The molecule has 2 fully saturated rings. The summed E-state index contributed by atoms with van der Waals surface area (Å²) in [5.41, 5.74) is 3.46. The Balaban J connectivity index is 1.33. The fraction of sp³-hybridized carbons (Fsp3) is 0.522. The minimum absolute atomic E-state index is 0.509. The summed E-state index contributed by atoms with van der Waals surface area (Å²) in [6.07, 6.45) is 6.31. The van der Waals surface area contributed by atoms with E-state index in [9.17, 15) is 0 Å². The molecule has 1 aromatic heterocycles. The first-order valence-corrected chi connectivity index (χ1v) is 11.5. The summed E-state index contributed by atoms with van der Waals surface area (Å²) in [5, 5.41) is 6.99. The molecule has 0 radical (unpaired) electrons. The average Bonchev–Trinajstić information content (AvgIpc) is 3.27. The molecule has 30 heavy (non-hydrogen) atoms. The van der Waals surface area contributed by atoms with Crippen molar-refractivity contribution in [1.82, 2.24) is 15.3 Å². The van der Waals surface area contributed by atoms with Gasteiger partial charge in [-0.25, -0.2) is 4.98 Å². The minimum Gasteiger partial charge on any atom is -0.372 e. The first-order chi connectivity index (χ1) is 14.6. The minimum atomic E-state index is 0.509. The molecule has 160 valence electrons. The van der Waals surface area contributed by atoms with E-state index in [0.717, 1.165) is 18.1 Å². The van der Waals surface area contributed by atoms with Crippen LogP contribution in [0.1, 0.15) is 50.3 Å². The number of aryl methyl sites for hydroxylation is 1. The Morgan fingerprint density at radius 2 is 1.80 bits per heavy atom. The number of hydrogen-bond acceptors (Lipinski definition) is 5. The normalized spacial score (nSPS) is 19.1. The third-order valence-electron chi connectivity index (χ3n) is 6.02. The van der Waals surface area contributed by atoms with E-state index in [1.165, 1.54) is 56.4 Å². The SMILES string of the molecule is Cc1cc(N2CCCC[C@@H]2C)nc(NC(=S)NCc2ccc(N3CCCC3)cc2)n1. The van der Waals surface area contributed by atoms with Gasteiger partial charge in [0.15, 0.2) is 5.11 Å². The third kappa shape index (κ3) is 5.19. The van der Waals surface area contributed by atoms with Crippen molar-refractivity contribution >= 4 is 34.8 Å². The number of nitrogens with zero attached hydrogens (tertiary/aromatic N) is 4. The number of hydrogen-bond donors (Lipinski definition) is 2. The van der Waals surface area contributed by atoms with Gasteiger partial charge in [0, 0.05) is 49.7 Å². The zero-order valence-corrected chi connectivity index (χ0v) is 18.8. The molecular formula is C23H32N6S. The molecule has 0 saturated carbocycles. The van der Waals surface area contributed by atoms with Gasteiger partial charge in [-0.05, 0) is 75.9 Å². The lowest BCUT2D eigenvalue weighted by Crippen LogP contribution is -2.38. The summed E-state index contributed by atoms with van der Waals surface area (Å²) in [5.74, 6) is 1.54. The lowest BCUT2D eigenvalue weighted by Gasteiger charge is -2.34. The molecule has 2 N–H and O–H groups in total. The molecule has 1 atom stereocenters. The van der Waals surface area contributed by atoms with Crippen LogP contribution in [0.25, 0.3) is 0 Å². The number of piperidine rings is 1. The van der Waals surface area contributed by atoms with Crippen molar-refractivity contribution in [2.45, 2.75) is 58.5 Å². The molecule has 4 rings (SSSR count). The fourth-order valence-electron chi connectivity index (χ4n) is 4.32. The highest BCUT2D eigenvalue weighted by molar-refractivity contribution is 7.80. The molecule has 2 aliphatic heterocycles. The number of aromatic nitrogens is 2. The van der Waals surface area contributed by atoms with Crippen molar-refractivity contribution < 1.29 is 0 Å². The lowest BCUT2D eigenvalue weighted by molar-refractivity contribution is 0.481. The first-order valence-electron chi connectivity index (χ1n) is 11.1. The zero-order valence-electron chi connectivity index (χ0n) is 18.0. The summed E-state index contributed by atoms with van der Waals surface area (Å²) in [4.78, 5) is 14.1. The van der Waals surface area contributed by atoms with E-state index in [1.54, 1.807) is 0 Å². The molecule has 7 heteroatoms. The smallest absolute Gasteiger partial charge is 0.231 e. The quantitative estimate of drug-likeness (QED) is 0.696. The van der Waals surface area contributed by atoms with Gasteiger partial charge < -0.3 is 20.4 Å². The Morgan fingerprint density at radius 3 is 2.53 bits per heavy atom. The van der Waals surface area contributed by atoms with Gasteiger partial charge in [-0.3, -0.25) is 0 Å². The Morgan fingerprint density at radius 1 is 1.07 bits per heavy atom. The maximum atomic E-state index is 5.49. The van der Waals surface area contributed by atoms with Gasteiger partial charge >= 0.3 is 0 Å². The molecule has 0 unspecified atom stereocenters. The van der Waals surface area contributed by atoms with Gasteiger partial charge in [0.05, 0.1) is 0 Å². The summed E-state index contributed by atoms with van der Waals surface area (Å²) < 4.78 is 0. The highest BCUT2D eigenvalue weighted by Crippen LogP contribution is 2.24. The summed E-state index contributed by atoms with van der Waals surface area (Å²) in [7, 11) is 0. The van der Waals surface area contributed by atoms with E-state index >= 15 is 0 Å². The van der Waals surface area contributed by atoms with Crippen LogP contribution >= 0.6 is 12.2 Å². The standard InChI is InChI=1S/C23H32N6S/c1-17-15-21(29-14-4-3-7-18(29)2)26-22(25-17)27-23(30)24-16-19-8-10-20(11-9-19)28-12-5-6-13-28/h8-11,15,18H,3-7,12-14,16H2,1-2H3,(H2,24,25,26,27,30)/t18-/m0/s1. The van der Waals surface area contributed by atoms with Gasteiger partial charge in [0.25, 0.3) is 0 Å². The van der Waals surface area contributed by atoms with Crippen LogP contribution in [0.5, 0.6) is 0 Å². The van der Waals surface area contributed by atoms with Crippen molar-refractivity contribution in [2.75, 3.05) is 34.8 Å². The van der Waals surface area contributed by atoms with E-state index in [0.29, 0.717) is 23.6 Å². The van der Waals surface area contributed by atoms with Crippen LogP contribution in [-0.4, -0.2) is 40.8 Å². The summed E-state index contributed by atoms with van der Waals surface area (Å²) >= 11 is 5.49. The van der Waals surface area contributed by atoms with Crippen LogP contribution in [0, 0.1) is 6.92 Å². The number of benzene rings is 1. The van der Waals surface area contributed by atoms with Crippen LogP contribution in [0.3, 0.4) is 0 Å². The van der Waals surface area contributed by atoms with E-state index < -0.39 is 0 Å². The first kappa shape index (κ1) is 20.8. The summed E-state index contributed by atoms with van der Waals surface area (Å²) in [6.45, 7) is 8.33. The monoisotopic (exact) mass is 424 g/mol. The molecule has 2 saturated heterocycles. The van der Waals surface area contributed by atoms with E-state index in [4.69, 9.17) is 17.2 Å². The van der Waals surface area contributed by atoms with E-state index in [2.05, 4.69) is 62.7 Å². The topological polar surface area (TPSA) is 56.3 Å². The zero-order chi connectivity index (χ0) is 20.9. The van der Waals surface area contributed by atoms with Crippen LogP contribution in [-0.2, 0) is 6.54 Å². The average molecular weight is 425 g/mol. The van der Waals surface area contributed by atoms with Crippen molar-refractivity contribution in [3.05, 3.63) is 41.6 Å². The second-order valence-electron chi connectivity index (χ2n) is 8.40. The van der Waals surface area contributed by atoms with Crippen LogP contribution in [0.4, 0.5) is 17.5 Å². The predicted octanol–water partition coefficient (Wildman–Crippen LogP) is 4.25. The molecular weight excluding hydrogens is 392 g/mol. The van der Waals surface area contributed by atoms with E-state index in [1.807, 2.05) is 6.92 Å². The molecule has 0 spiro atoms. The fourth-order valence-corrected chi connectivity index (χ4v) is 4.48. The van der Waals surface area contributed by atoms with Gasteiger partial charge in [-0.15, -0.1) is 0 Å². The third-order valence-corrected chi connectivity index (χ3v) is 6.27. The van der Waals surface area contributed by atoms with Gasteiger partial charge in [-0.1, -0.05) is 12.1 Å². The number of rotatable bonds is 5. The van der Waals surface area contributed by atoms with Crippen LogP contribution < -0.4 is 20.4 Å². The Hall–Kier alpha value is -2.41. The highest BCUT2D eigenvalue weighted by atomic mass is 32.1. The molecule has 0 bridgehead atoms. The maximum absolute atomic E-state index is 5.49. The second kappa shape index (κ2) is 9.60. The van der Waals surface area contributed by atoms with Crippen LogP contribution in [0.2, 0.25) is 0 Å². The molecule has 0 aliphatic carbocycles. The Bertz CT molecular complexity index is 862. The Labute approximate surface area is 185 Å². The number of nitrogens with one attached hydrogen (secondary N) is 2. The number of anilines is 3. The predicted molar refractivity (Wildman–Crippen MR) is 128 cm³/mol.